The second-order valence-electron chi connectivity index (χ2n) is 4.82. The number of halogens is 4. The van der Waals surface area contributed by atoms with Crippen LogP contribution in [0.1, 0.15) is 5.56 Å². The Labute approximate surface area is 118 Å². The summed E-state index contributed by atoms with van der Waals surface area (Å²) in [7, 11) is 0. The number of fused-ring (bicyclic) bond motifs is 1. The van der Waals surface area contributed by atoms with Crippen LogP contribution in [-0.4, -0.2) is 11.2 Å². The molecule has 0 radical (unpaired) electrons. The van der Waals surface area contributed by atoms with Crippen LogP contribution in [0.2, 0.25) is 0 Å². The first-order valence-corrected chi connectivity index (χ1v) is 6.36. The molecule has 3 rings (SSSR count). The summed E-state index contributed by atoms with van der Waals surface area (Å²) in [5.74, 6) is -0.424. The van der Waals surface area contributed by atoms with Crippen LogP contribution < -0.4 is 0 Å². The molecule has 21 heavy (non-hydrogen) atoms. The number of aromatic amines is 1. The van der Waals surface area contributed by atoms with Crippen LogP contribution in [0.25, 0.3) is 22.2 Å². The van der Waals surface area contributed by atoms with Gasteiger partial charge in [0.15, 0.2) is 0 Å². The van der Waals surface area contributed by atoms with E-state index in [0.29, 0.717) is 22.2 Å². The molecule has 1 heterocycles. The van der Waals surface area contributed by atoms with Crippen LogP contribution in [0.4, 0.5) is 17.6 Å². The van der Waals surface area contributed by atoms with Gasteiger partial charge in [-0.3, -0.25) is 0 Å². The van der Waals surface area contributed by atoms with E-state index >= 15 is 0 Å². The van der Waals surface area contributed by atoms with Gasteiger partial charge in [-0.1, -0.05) is 18.2 Å². The molecule has 2 aromatic carbocycles. The van der Waals surface area contributed by atoms with Crippen molar-refractivity contribution in [3.63, 3.8) is 0 Å². The van der Waals surface area contributed by atoms with Crippen molar-refractivity contribution in [3.8, 4) is 11.3 Å². The van der Waals surface area contributed by atoms with Crippen molar-refractivity contribution in [1.29, 1.82) is 0 Å². The third-order valence-corrected chi connectivity index (χ3v) is 3.32. The second kappa shape index (κ2) is 4.91. The molecule has 1 nitrogen and oxygen atoms in total. The zero-order valence-corrected chi connectivity index (χ0v) is 10.8. The highest BCUT2D eigenvalue weighted by molar-refractivity contribution is 5.90. The maximum absolute atomic E-state index is 13.0. The first-order valence-electron chi connectivity index (χ1n) is 6.36. The largest absolute Gasteiger partial charge is 0.393 e. The minimum atomic E-state index is -4.31. The molecule has 1 aromatic heterocycles. The number of nitrogens with one attached hydrogen (secondary N) is 1. The SMILES string of the molecule is Fc1ccc(-c2[nH]c3ccccc3c2CC(F)(F)F)cc1. The second-order valence-corrected chi connectivity index (χ2v) is 4.82. The Bertz CT molecular complexity index is 769. The number of aromatic nitrogens is 1. The number of H-pyrrole nitrogens is 1. The summed E-state index contributed by atoms with van der Waals surface area (Å²) < 4.78 is 51.5. The summed E-state index contributed by atoms with van der Waals surface area (Å²) >= 11 is 0. The molecule has 0 aliphatic carbocycles. The Hall–Kier alpha value is -2.30. The fourth-order valence-corrected chi connectivity index (χ4v) is 2.45. The van der Waals surface area contributed by atoms with Crippen molar-refractivity contribution >= 4 is 10.9 Å². The predicted molar refractivity (Wildman–Crippen MR) is 73.5 cm³/mol. The molecule has 0 bridgehead atoms. The normalized spacial score (nSPS) is 12.0. The fourth-order valence-electron chi connectivity index (χ4n) is 2.45. The van der Waals surface area contributed by atoms with E-state index in [2.05, 4.69) is 4.98 Å². The molecule has 0 saturated carbocycles. The van der Waals surface area contributed by atoms with Gasteiger partial charge >= 0.3 is 6.18 Å². The van der Waals surface area contributed by atoms with Crippen LogP contribution in [-0.2, 0) is 6.42 Å². The number of para-hydroxylation sites is 1. The van der Waals surface area contributed by atoms with E-state index in [-0.39, 0.29) is 5.56 Å². The summed E-state index contributed by atoms with van der Waals surface area (Å²) in [4.78, 5) is 3.00. The highest BCUT2D eigenvalue weighted by Gasteiger charge is 2.31. The van der Waals surface area contributed by atoms with E-state index in [1.165, 1.54) is 24.3 Å². The zero-order chi connectivity index (χ0) is 15.0. The lowest BCUT2D eigenvalue weighted by Gasteiger charge is -2.08. The number of hydrogen-bond acceptors (Lipinski definition) is 0. The molecular formula is C16H11F4N. The summed E-state index contributed by atoms with van der Waals surface area (Å²) in [6, 6.07) is 12.2. The van der Waals surface area contributed by atoms with Crippen molar-refractivity contribution in [2.75, 3.05) is 0 Å². The van der Waals surface area contributed by atoms with Crippen LogP contribution in [0.3, 0.4) is 0 Å². The molecule has 0 aliphatic rings. The fraction of sp³-hybridized carbons (Fsp3) is 0.125. The van der Waals surface area contributed by atoms with Crippen molar-refractivity contribution in [1.82, 2.24) is 4.98 Å². The third kappa shape index (κ3) is 2.77. The average Bonchev–Trinajstić information content (AvgIpc) is 2.77. The Morgan fingerprint density at radius 3 is 2.24 bits per heavy atom. The van der Waals surface area contributed by atoms with Crippen LogP contribution in [0.15, 0.2) is 48.5 Å². The number of hydrogen-bond donors (Lipinski definition) is 1. The van der Waals surface area contributed by atoms with Gasteiger partial charge in [-0.2, -0.15) is 13.2 Å². The van der Waals surface area contributed by atoms with Crippen molar-refractivity contribution in [3.05, 3.63) is 59.9 Å². The molecule has 5 heteroatoms. The van der Waals surface area contributed by atoms with E-state index in [4.69, 9.17) is 0 Å². The predicted octanol–water partition coefficient (Wildman–Crippen LogP) is 5.08. The van der Waals surface area contributed by atoms with Gasteiger partial charge in [0.1, 0.15) is 5.82 Å². The van der Waals surface area contributed by atoms with Gasteiger partial charge in [0.05, 0.1) is 12.1 Å². The first-order chi connectivity index (χ1) is 9.94. The minimum absolute atomic E-state index is 0.185. The maximum atomic E-state index is 13.0. The van der Waals surface area contributed by atoms with Crippen LogP contribution in [0, 0.1) is 5.82 Å². The van der Waals surface area contributed by atoms with Crippen molar-refractivity contribution < 1.29 is 17.6 Å². The van der Waals surface area contributed by atoms with Crippen LogP contribution in [0.5, 0.6) is 0 Å². The molecule has 0 spiro atoms. The van der Waals surface area contributed by atoms with E-state index in [9.17, 15) is 17.6 Å². The number of benzene rings is 2. The van der Waals surface area contributed by atoms with Gasteiger partial charge < -0.3 is 4.98 Å². The van der Waals surface area contributed by atoms with Crippen molar-refractivity contribution in [2.24, 2.45) is 0 Å². The summed E-state index contributed by atoms with van der Waals surface area (Å²) in [5.41, 5.74) is 1.74. The number of rotatable bonds is 2. The van der Waals surface area contributed by atoms with E-state index in [0.717, 1.165) is 0 Å². The van der Waals surface area contributed by atoms with Gasteiger partial charge in [-0.25, -0.2) is 4.39 Å². The minimum Gasteiger partial charge on any atom is -0.354 e. The van der Waals surface area contributed by atoms with Gasteiger partial charge in [-0.15, -0.1) is 0 Å². The Morgan fingerprint density at radius 2 is 1.57 bits per heavy atom. The summed E-state index contributed by atoms with van der Waals surface area (Å²) in [6.07, 6.45) is -5.33. The lowest BCUT2D eigenvalue weighted by Crippen LogP contribution is -2.11. The molecule has 0 fully saturated rings. The molecule has 1 N–H and O–H groups in total. The highest BCUT2D eigenvalue weighted by Crippen LogP contribution is 2.34. The number of alkyl halides is 3. The first kappa shape index (κ1) is 13.7. The van der Waals surface area contributed by atoms with Gasteiger partial charge in [0.25, 0.3) is 0 Å². The van der Waals surface area contributed by atoms with Gasteiger partial charge in [0, 0.05) is 10.9 Å². The summed E-state index contributed by atoms with van der Waals surface area (Å²) in [6.45, 7) is 0. The smallest absolute Gasteiger partial charge is 0.354 e. The van der Waals surface area contributed by atoms with E-state index in [1.807, 2.05) is 0 Å². The molecule has 0 aliphatic heterocycles. The molecule has 3 aromatic rings. The molecule has 0 saturated heterocycles. The zero-order valence-electron chi connectivity index (χ0n) is 10.8. The van der Waals surface area contributed by atoms with E-state index < -0.39 is 18.4 Å². The monoisotopic (exact) mass is 293 g/mol. The molecule has 0 atom stereocenters. The van der Waals surface area contributed by atoms with Crippen molar-refractivity contribution in [2.45, 2.75) is 12.6 Å². The topological polar surface area (TPSA) is 15.8 Å². The maximum Gasteiger partial charge on any atom is 0.393 e. The van der Waals surface area contributed by atoms with Gasteiger partial charge in [0.2, 0.25) is 0 Å². The quantitative estimate of drug-likeness (QED) is 0.634. The van der Waals surface area contributed by atoms with E-state index in [1.54, 1.807) is 24.3 Å². The standard InChI is InChI=1S/C16H11F4N/c17-11-7-5-10(6-8-11)15-13(9-16(18,19)20)12-3-1-2-4-14(12)21-15/h1-8,21H,9H2. The summed E-state index contributed by atoms with van der Waals surface area (Å²) in [5, 5.41) is 0.536. The lowest BCUT2D eigenvalue weighted by atomic mass is 10.0. The molecule has 108 valence electrons. The Morgan fingerprint density at radius 1 is 0.905 bits per heavy atom. The third-order valence-electron chi connectivity index (χ3n) is 3.32. The molecule has 0 amide bonds. The molecular weight excluding hydrogens is 282 g/mol. The Kier molecular flexibility index (Phi) is 3.20. The highest BCUT2D eigenvalue weighted by atomic mass is 19.4. The van der Waals surface area contributed by atoms with Gasteiger partial charge in [-0.05, 0) is 41.5 Å². The lowest BCUT2D eigenvalue weighted by molar-refractivity contribution is -0.126. The van der Waals surface area contributed by atoms with Crippen LogP contribution >= 0.6 is 0 Å². The Balaban J connectivity index is 2.21. The molecule has 0 unspecified atom stereocenters. The average molecular weight is 293 g/mol.